The van der Waals surface area contributed by atoms with Gasteiger partial charge in [-0.2, -0.15) is 16.1 Å². The van der Waals surface area contributed by atoms with Gasteiger partial charge < -0.3 is 5.11 Å². The van der Waals surface area contributed by atoms with E-state index in [9.17, 15) is 22.7 Å². The summed E-state index contributed by atoms with van der Waals surface area (Å²) in [6.45, 7) is 3.64. The molecule has 0 aromatic heterocycles. The van der Waals surface area contributed by atoms with Crippen molar-refractivity contribution in [3.8, 4) is 11.1 Å². The third-order valence-electron chi connectivity index (χ3n) is 4.60. The number of carboxylic acids is 1. The Kier molecular flexibility index (Phi) is 5.33. The second-order valence-electron chi connectivity index (χ2n) is 6.84. The van der Waals surface area contributed by atoms with E-state index in [2.05, 4.69) is 0 Å². The fourth-order valence-electron chi connectivity index (χ4n) is 3.23. The number of sulfonamides is 1. The van der Waals surface area contributed by atoms with Crippen LogP contribution in [0.5, 0.6) is 0 Å². The average Bonchev–Trinajstić information content (AvgIpc) is 2.61. The Morgan fingerprint density at radius 1 is 1.11 bits per heavy atom. The Labute approximate surface area is 162 Å². The lowest BCUT2D eigenvalue weighted by Crippen LogP contribution is -2.58. The molecule has 0 bridgehead atoms. The van der Waals surface area contributed by atoms with Gasteiger partial charge in [0, 0.05) is 17.0 Å². The van der Waals surface area contributed by atoms with Crippen LogP contribution in [0.4, 0.5) is 4.39 Å². The Bertz CT molecular complexity index is 941. The van der Waals surface area contributed by atoms with Crippen LogP contribution < -0.4 is 0 Å². The summed E-state index contributed by atoms with van der Waals surface area (Å²) in [6, 6.07) is 11.0. The zero-order valence-corrected chi connectivity index (χ0v) is 16.6. The lowest BCUT2D eigenvalue weighted by molar-refractivity contribution is -0.142. The monoisotopic (exact) mass is 409 g/mol. The molecule has 144 valence electrons. The number of carboxylic acid groups (broad SMARTS) is 1. The van der Waals surface area contributed by atoms with Gasteiger partial charge in [-0.1, -0.05) is 24.3 Å². The Morgan fingerprint density at radius 3 is 2.15 bits per heavy atom. The largest absolute Gasteiger partial charge is 0.480 e. The standard InChI is InChI=1S/C19H20FNO4S2/c1-19(2)17(18(22)23)21(11-12-26-19)27(24,25)16-9-5-14(6-10-16)13-3-7-15(20)8-4-13/h3-10,17H,11-12H2,1-2H3,(H,22,23)/t17-/m0/s1. The molecule has 0 aliphatic carbocycles. The van der Waals surface area contributed by atoms with Gasteiger partial charge in [0.2, 0.25) is 10.0 Å². The molecule has 1 saturated heterocycles. The summed E-state index contributed by atoms with van der Waals surface area (Å²) in [5, 5.41) is 9.62. The maximum atomic E-state index is 13.1. The summed E-state index contributed by atoms with van der Waals surface area (Å²) in [5.41, 5.74) is 1.51. The summed E-state index contributed by atoms with van der Waals surface area (Å²) in [4.78, 5) is 11.8. The molecule has 8 heteroatoms. The van der Waals surface area contributed by atoms with E-state index in [0.717, 1.165) is 15.4 Å². The number of benzene rings is 2. The molecule has 1 aliphatic heterocycles. The van der Waals surface area contributed by atoms with Gasteiger partial charge in [-0.3, -0.25) is 4.79 Å². The predicted octanol–water partition coefficient (Wildman–Crippen LogP) is 3.46. The van der Waals surface area contributed by atoms with Crippen molar-refractivity contribution in [3.05, 3.63) is 54.3 Å². The highest BCUT2D eigenvalue weighted by Gasteiger charge is 2.48. The van der Waals surface area contributed by atoms with Gasteiger partial charge in [-0.25, -0.2) is 12.8 Å². The number of carbonyl (C=O) groups is 1. The number of nitrogens with zero attached hydrogens (tertiary/aromatic N) is 1. The van der Waals surface area contributed by atoms with Crippen molar-refractivity contribution in [2.45, 2.75) is 29.5 Å². The topological polar surface area (TPSA) is 74.7 Å². The molecule has 3 rings (SSSR count). The summed E-state index contributed by atoms with van der Waals surface area (Å²) in [5.74, 6) is -0.967. The molecular weight excluding hydrogens is 389 g/mol. The molecule has 0 saturated carbocycles. The van der Waals surface area contributed by atoms with Gasteiger partial charge in [-0.15, -0.1) is 0 Å². The minimum Gasteiger partial charge on any atom is -0.480 e. The Balaban J connectivity index is 1.94. The number of hydrogen-bond acceptors (Lipinski definition) is 4. The van der Waals surface area contributed by atoms with Crippen LogP contribution in [-0.2, 0) is 14.8 Å². The van der Waals surface area contributed by atoms with Crippen LogP contribution in [0.1, 0.15) is 13.8 Å². The fourth-order valence-corrected chi connectivity index (χ4v) is 6.33. The van der Waals surface area contributed by atoms with Crippen molar-refractivity contribution >= 4 is 27.8 Å². The minimum absolute atomic E-state index is 0.0438. The van der Waals surface area contributed by atoms with Crippen LogP contribution in [-0.4, -0.2) is 46.9 Å². The first-order valence-electron chi connectivity index (χ1n) is 8.37. The van der Waals surface area contributed by atoms with Crippen molar-refractivity contribution in [3.63, 3.8) is 0 Å². The number of hydrogen-bond donors (Lipinski definition) is 1. The second-order valence-corrected chi connectivity index (χ2v) is 10.5. The molecule has 1 atom stereocenters. The van der Waals surface area contributed by atoms with E-state index < -0.39 is 26.8 Å². The van der Waals surface area contributed by atoms with Crippen LogP contribution in [0.25, 0.3) is 11.1 Å². The van der Waals surface area contributed by atoms with E-state index in [1.165, 1.54) is 36.0 Å². The van der Waals surface area contributed by atoms with Gasteiger partial charge in [0.05, 0.1) is 4.90 Å². The zero-order chi connectivity index (χ0) is 19.8. The SMILES string of the molecule is CC1(C)SCCN(S(=O)(=O)c2ccc(-c3ccc(F)cc3)cc2)[C@H]1C(=O)O. The number of thioether (sulfide) groups is 1. The van der Waals surface area contributed by atoms with Gasteiger partial charge in [0.15, 0.2) is 0 Å². The molecule has 1 heterocycles. The number of rotatable bonds is 4. The highest BCUT2D eigenvalue weighted by atomic mass is 32.2. The molecule has 27 heavy (non-hydrogen) atoms. The molecule has 5 nitrogen and oxygen atoms in total. The minimum atomic E-state index is -3.95. The van der Waals surface area contributed by atoms with Gasteiger partial charge in [0.1, 0.15) is 11.9 Å². The fraction of sp³-hybridized carbons (Fsp3) is 0.316. The smallest absolute Gasteiger partial charge is 0.323 e. The molecule has 0 amide bonds. The number of aliphatic carboxylic acids is 1. The maximum Gasteiger partial charge on any atom is 0.323 e. The van der Waals surface area contributed by atoms with E-state index in [1.807, 2.05) is 0 Å². The van der Waals surface area contributed by atoms with E-state index in [1.54, 1.807) is 38.1 Å². The number of halogens is 1. The molecule has 1 fully saturated rings. The predicted molar refractivity (Wildman–Crippen MR) is 104 cm³/mol. The van der Waals surface area contributed by atoms with Crippen molar-refractivity contribution in [2.24, 2.45) is 0 Å². The first kappa shape index (κ1) is 19.9. The zero-order valence-electron chi connectivity index (χ0n) is 14.9. The summed E-state index contributed by atoms with van der Waals surface area (Å²) in [6.07, 6.45) is 0. The summed E-state index contributed by atoms with van der Waals surface area (Å²) >= 11 is 1.46. The third kappa shape index (κ3) is 3.88. The summed E-state index contributed by atoms with van der Waals surface area (Å²) in [7, 11) is -3.95. The summed E-state index contributed by atoms with van der Waals surface area (Å²) < 4.78 is 39.6. The molecule has 1 N–H and O–H groups in total. The van der Waals surface area contributed by atoms with Crippen LogP contribution >= 0.6 is 11.8 Å². The van der Waals surface area contributed by atoms with E-state index >= 15 is 0 Å². The van der Waals surface area contributed by atoms with Gasteiger partial charge in [-0.05, 0) is 49.2 Å². The van der Waals surface area contributed by atoms with Crippen molar-refractivity contribution in [1.82, 2.24) is 4.31 Å². The van der Waals surface area contributed by atoms with Crippen LogP contribution in [0.3, 0.4) is 0 Å². The lowest BCUT2D eigenvalue weighted by Gasteiger charge is -2.42. The Morgan fingerprint density at radius 2 is 1.63 bits per heavy atom. The second kappa shape index (κ2) is 7.26. The first-order valence-corrected chi connectivity index (χ1v) is 10.8. The first-order chi connectivity index (χ1) is 12.6. The normalized spacial score (nSPS) is 20.3. The van der Waals surface area contributed by atoms with Crippen molar-refractivity contribution < 1.29 is 22.7 Å². The van der Waals surface area contributed by atoms with E-state index in [0.29, 0.717) is 5.75 Å². The quantitative estimate of drug-likeness (QED) is 0.837. The van der Waals surface area contributed by atoms with Gasteiger partial charge >= 0.3 is 5.97 Å². The molecule has 1 aliphatic rings. The Hall–Kier alpha value is -1.90. The molecule has 2 aromatic rings. The molecule has 0 radical (unpaired) electrons. The van der Waals surface area contributed by atoms with E-state index in [-0.39, 0.29) is 17.3 Å². The third-order valence-corrected chi connectivity index (χ3v) is 7.84. The van der Waals surface area contributed by atoms with Crippen LogP contribution in [0.15, 0.2) is 53.4 Å². The van der Waals surface area contributed by atoms with Gasteiger partial charge in [0.25, 0.3) is 0 Å². The highest BCUT2D eigenvalue weighted by Crippen LogP contribution is 2.38. The maximum absolute atomic E-state index is 13.1. The van der Waals surface area contributed by atoms with E-state index in [4.69, 9.17) is 0 Å². The molecule has 0 spiro atoms. The lowest BCUT2D eigenvalue weighted by atomic mass is 10.0. The molecule has 0 unspecified atom stereocenters. The highest BCUT2D eigenvalue weighted by molar-refractivity contribution is 8.00. The van der Waals surface area contributed by atoms with Crippen LogP contribution in [0, 0.1) is 5.82 Å². The molecular formula is C19H20FNO4S2. The molecule has 2 aromatic carbocycles. The average molecular weight is 410 g/mol. The van der Waals surface area contributed by atoms with Crippen molar-refractivity contribution in [1.29, 1.82) is 0 Å². The van der Waals surface area contributed by atoms with Crippen LogP contribution in [0.2, 0.25) is 0 Å². The van der Waals surface area contributed by atoms with Crippen molar-refractivity contribution in [2.75, 3.05) is 12.3 Å².